The average Bonchev–Trinajstić information content (AvgIpc) is 2.62. The molecule has 1 heterocycles. The zero-order valence-electron chi connectivity index (χ0n) is 13.8. The number of methoxy groups -OCH3 is 1. The van der Waals surface area contributed by atoms with E-state index in [1.165, 1.54) is 17.5 Å². The van der Waals surface area contributed by atoms with Crippen molar-refractivity contribution in [3.05, 3.63) is 72.1 Å². The lowest BCUT2D eigenvalue weighted by atomic mass is 10.1. The van der Waals surface area contributed by atoms with Gasteiger partial charge in [-0.05, 0) is 30.2 Å². The molecule has 2 N–H and O–H groups in total. The van der Waals surface area contributed by atoms with Crippen LogP contribution in [0.2, 0.25) is 0 Å². The standard InChI is InChI=1S/C19H20N4O/c1-14-7-3-4-8-15(14)12-20-18-11-19(22-13-21-18)23-16-9-5-6-10-17(16)24-2/h3-11,13H,12H2,1-2H3,(H2,20,21,22,23). The van der Waals surface area contributed by atoms with Crippen molar-refractivity contribution in [2.75, 3.05) is 17.7 Å². The number of aromatic nitrogens is 2. The van der Waals surface area contributed by atoms with E-state index in [0.29, 0.717) is 5.82 Å². The van der Waals surface area contributed by atoms with Crippen molar-refractivity contribution in [1.29, 1.82) is 0 Å². The van der Waals surface area contributed by atoms with Gasteiger partial charge < -0.3 is 15.4 Å². The summed E-state index contributed by atoms with van der Waals surface area (Å²) in [7, 11) is 1.65. The van der Waals surface area contributed by atoms with Crippen LogP contribution in [0.3, 0.4) is 0 Å². The number of nitrogens with one attached hydrogen (secondary N) is 2. The number of hydrogen-bond donors (Lipinski definition) is 2. The molecule has 0 amide bonds. The third kappa shape index (κ3) is 3.81. The first-order chi connectivity index (χ1) is 11.8. The number of ether oxygens (including phenoxy) is 1. The van der Waals surface area contributed by atoms with E-state index in [0.717, 1.165) is 23.8 Å². The summed E-state index contributed by atoms with van der Waals surface area (Å²) in [4.78, 5) is 8.54. The second kappa shape index (κ2) is 7.46. The van der Waals surface area contributed by atoms with Crippen molar-refractivity contribution < 1.29 is 4.74 Å². The average molecular weight is 320 g/mol. The van der Waals surface area contributed by atoms with E-state index in [1.54, 1.807) is 7.11 Å². The lowest BCUT2D eigenvalue weighted by Crippen LogP contribution is -2.04. The highest BCUT2D eigenvalue weighted by Crippen LogP contribution is 2.26. The van der Waals surface area contributed by atoms with Crippen molar-refractivity contribution in [2.45, 2.75) is 13.5 Å². The Labute approximate surface area is 141 Å². The quantitative estimate of drug-likeness (QED) is 0.714. The zero-order valence-corrected chi connectivity index (χ0v) is 13.8. The number of anilines is 3. The van der Waals surface area contributed by atoms with Crippen LogP contribution >= 0.6 is 0 Å². The Balaban J connectivity index is 1.71. The highest BCUT2D eigenvalue weighted by Gasteiger charge is 2.04. The van der Waals surface area contributed by atoms with E-state index in [9.17, 15) is 0 Å². The van der Waals surface area contributed by atoms with Gasteiger partial charge in [-0.15, -0.1) is 0 Å². The maximum atomic E-state index is 5.34. The van der Waals surface area contributed by atoms with Crippen molar-refractivity contribution in [1.82, 2.24) is 9.97 Å². The molecular weight excluding hydrogens is 300 g/mol. The molecule has 0 saturated heterocycles. The maximum Gasteiger partial charge on any atom is 0.142 e. The molecule has 0 aliphatic rings. The molecule has 0 unspecified atom stereocenters. The summed E-state index contributed by atoms with van der Waals surface area (Å²) in [6.07, 6.45) is 1.54. The van der Waals surface area contributed by atoms with Gasteiger partial charge in [0.25, 0.3) is 0 Å². The lowest BCUT2D eigenvalue weighted by Gasteiger charge is -2.12. The monoisotopic (exact) mass is 320 g/mol. The molecule has 1 aromatic heterocycles. The molecule has 0 saturated carbocycles. The Hall–Kier alpha value is -3.08. The van der Waals surface area contributed by atoms with E-state index in [2.05, 4.69) is 39.7 Å². The summed E-state index contributed by atoms with van der Waals surface area (Å²) in [6, 6.07) is 17.9. The van der Waals surface area contributed by atoms with Crippen LogP contribution < -0.4 is 15.4 Å². The van der Waals surface area contributed by atoms with Crippen molar-refractivity contribution in [3.8, 4) is 5.75 Å². The summed E-state index contributed by atoms with van der Waals surface area (Å²) >= 11 is 0. The fourth-order valence-corrected chi connectivity index (χ4v) is 2.40. The summed E-state index contributed by atoms with van der Waals surface area (Å²) < 4.78 is 5.34. The van der Waals surface area contributed by atoms with Gasteiger partial charge in [0.1, 0.15) is 23.7 Å². The molecule has 0 bridgehead atoms. The van der Waals surface area contributed by atoms with E-state index in [4.69, 9.17) is 4.74 Å². The van der Waals surface area contributed by atoms with Crippen LogP contribution in [0.1, 0.15) is 11.1 Å². The van der Waals surface area contributed by atoms with Gasteiger partial charge in [0.2, 0.25) is 0 Å². The third-order valence-electron chi connectivity index (χ3n) is 3.76. The molecule has 5 nitrogen and oxygen atoms in total. The highest BCUT2D eigenvalue weighted by molar-refractivity contribution is 5.65. The number of hydrogen-bond acceptors (Lipinski definition) is 5. The maximum absolute atomic E-state index is 5.34. The SMILES string of the molecule is COc1ccccc1Nc1cc(NCc2ccccc2C)ncn1. The normalized spacial score (nSPS) is 10.2. The number of nitrogens with zero attached hydrogens (tertiary/aromatic N) is 2. The minimum atomic E-state index is 0.710. The predicted molar refractivity (Wildman–Crippen MR) is 96.8 cm³/mol. The van der Waals surface area contributed by atoms with Crippen molar-refractivity contribution in [3.63, 3.8) is 0 Å². The Morgan fingerprint density at radius 2 is 1.71 bits per heavy atom. The fourth-order valence-electron chi connectivity index (χ4n) is 2.40. The van der Waals surface area contributed by atoms with E-state index in [-0.39, 0.29) is 0 Å². The summed E-state index contributed by atoms with van der Waals surface area (Å²) in [5, 5.41) is 6.59. The van der Waals surface area contributed by atoms with Gasteiger partial charge in [0, 0.05) is 12.6 Å². The van der Waals surface area contributed by atoms with Crippen LogP contribution in [-0.2, 0) is 6.54 Å². The molecule has 122 valence electrons. The number of para-hydroxylation sites is 2. The molecule has 0 atom stereocenters. The first kappa shape index (κ1) is 15.8. The van der Waals surface area contributed by atoms with Crippen molar-refractivity contribution >= 4 is 17.3 Å². The van der Waals surface area contributed by atoms with Crippen LogP contribution in [-0.4, -0.2) is 17.1 Å². The largest absolute Gasteiger partial charge is 0.495 e. The summed E-state index contributed by atoms with van der Waals surface area (Å²) in [5.74, 6) is 2.25. The minimum absolute atomic E-state index is 0.710. The smallest absolute Gasteiger partial charge is 0.142 e. The molecule has 3 rings (SSSR count). The number of aryl methyl sites for hydroxylation is 1. The predicted octanol–water partition coefficient (Wildman–Crippen LogP) is 4.15. The van der Waals surface area contributed by atoms with Gasteiger partial charge in [-0.3, -0.25) is 0 Å². The van der Waals surface area contributed by atoms with E-state index in [1.807, 2.05) is 42.5 Å². The lowest BCUT2D eigenvalue weighted by molar-refractivity contribution is 0.417. The molecule has 5 heteroatoms. The minimum Gasteiger partial charge on any atom is -0.495 e. The van der Waals surface area contributed by atoms with Crippen LogP contribution in [0.5, 0.6) is 5.75 Å². The first-order valence-electron chi connectivity index (χ1n) is 7.77. The molecule has 2 aromatic carbocycles. The van der Waals surface area contributed by atoms with Gasteiger partial charge in [-0.1, -0.05) is 36.4 Å². The molecule has 0 aliphatic heterocycles. The second-order valence-corrected chi connectivity index (χ2v) is 5.39. The van der Waals surface area contributed by atoms with Crippen molar-refractivity contribution in [2.24, 2.45) is 0 Å². The van der Waals surface area contributed by atoms with Crippen LogP contribution in [0.25, 0.3) is 0 Å². The zero-order chi connectivity index (χ0) is 16.8. The van der Waals surface area contributed by atoms with Gasteiger partial charge in [-0.25, -0.2) is 9.97 Å². The Bertz CT molecular complexity index is 820. The van der Waals surface area contributed by atoms with Crippen LogP contribution in [0.4, 0.5) is 17.3 Å². The number of rotatable bonds is 6. The van der Waals surface area contributed by atoms with Crippen LogP contribution in [0.15, 0.2) is 60.9 Å². The fraction of sp³-hybridized carbons (Fsp3) is 0.158. The molecule has 0 fully saturated rings. The first-order valence-corrected chi connectivity index (χ1v) is 7.77. The van der Waals surface area contributed by atoms with E-state index < -0.39 is 0 Å². The molecule has 0 spiro atoms. The highest BCUT2D eigenvalue weighted by atomic mass is 16.5. The Kier molecular flexibility index (Phi) is 4.91. The Morgan fingerprint density at radius 1 is 0.958 bits per heavy atom. The van der Waals surface area contributed by atoms with Gasteiger partial charge in [0.05, 0.1) is 12.8 Å². The molecule has 24 heavy (non-hydrogen) atoms. The summed E-state index contributed by atoms with van der Waals surface area (Å²) in [5.41, 5.74) is 3.37. The topological polar surface area (TPSA) is 59.1 Å². The Morgan fingerprint density at radius 3 is 2.54 bits per heavy atom. The molecule has 3 aromatic rings. The van der Waals surface area contributed by atoms with Gasteiger partial charge in [0.15, 0.2) is 0 Å². The molecule has 0 radical (unpaired) electrons. The second-order valence-electron chi connectivity index (χ2n) is 5.39. The van der Waals surface area contributed by atoms with Gasteiger partial charge in [-0.2, -0.15) is 0 Å². The van der Waals surface area contributed by atoms with Crippen LogP contribution in [0, 0.1) is 6.92 Å². The number of benzene rings is 2. The van der Waals surface area contributed by atoms with Gasteiger partial charge >= 0.3 is 0 Å². The molecular formula is C19H20N4O. The molecule has 0 aliphatic carbocycles. The summed E-state index contributed by atoms with van der Waals surface area (Å²) in [6.45, 7) is 2.82. The van der Waals surface area contributed by atoms with E-state index >= 15 is 0 Å². The third-order valence-corrected chi connectivity index (χ3v) is 3.76.